The highest BCUT2D eigenvalue weighted by atomic mass is 35.5. The van der Waals surface area contributed by atoms with Crippen LogP contribution in [0.3, 0.4) is 0 Å². The lowest BCUT2D eigenvalue weighted by Gasteiger charge is -2.63. The summed E-state index contributed by atoms with van der Waals surface area (Å²) < 4.78 is 8.58. The Kier molecular flexibility index (Phi) is 10.4. The Morgan fingerprint density at radius 3 is 2.30 bits per heavy atom. The number of pyridine rings is 2. The molecule has 0 unspecified atom stereocenters. The number of nitriles is 1. The molecule has 4 aromatic rings. The number of fused-ring (bicyclic) bond motifs is 1. The zero-order valence-electron chi connectivity index (χ0n) is 31.9. The summed E-state index contributed by atoms with van der Waals surface area (Å²) in [6.07, 6.45) is 4.58. The van der Waals surface area contributed by atoms with Gasteiger partial charge in [0.15, 0.2) is 11.5 Å². The molecule has 2 saturated heterocycles. The van der Waals surface area contributed by atoms with Gasteiger partial charge in [-0.2, -0.15) is 5.26 Å². The topological polar surface area (TPSA) is 147 Å². The van der Waals surface area contributed by atoms with E-state index in [1.54, 1.807) is 24.3 Å². The number of nitrogens with zero attached hydrogens (tertiary/aromatic N) is 8. The van der Waals surface area contributed by atoms with Crippen LogP contribution in [0.2, 0.25) is 5.02 Å². The summed E-state index contributed by atoms with van der Waals surface area (Å²) in [5.41, 5.74) is 8.68. The molecule has 0 radical (unpaired) electrons. The molecule has 2 N–H and O–H groups in total. The fourth-order valence-electron chi connectivity index (χ4n) is 9.49. The predicted molar refractivity (Wildman–Crippen MR) is 210 cm³/mol. The number of hydrogen-bond donors (Lipinski definition) is 1. The largest absolute Gasteiger partial charge is 0.489 e. The van der Waals surface area contributed by atoms with E-state index in [1.807, 2.05) is 29.8 Å². The number of aromatic nitrogens is 4. The summed E-state index contributed by atoms with van der Waals surface area (Å²) >= 11 is 6.35. The molecule has 0 atom stereocenters. The van der Waals surface area contributed by atoms with Gasteiger partial charge in [0.1, 0.15) is 17.9 Å². The van der Waals surface area contributed by atoms with Crippen molar-refractivity contribution < 1.29 is 9.53 Å². The van der Waals surface area contributed by atoms with Crippen molar-refractivity contribution in [1.29, 1.82) is 5.26 Å². The number of amides is 1. The number of piperidine rings is 1. The van der Waals surface area contributed by atoms with Gasteiger partial charge >= 0.3 is 0 Å². The van der Waals surface area contributed by atoms with E-state index in [0.29, 0.717) is 28.7 Å². The van der Waals surface area contributed by atoms with Crippen LogP contribution in [0.4, 0.5) is 5.82 Å². The number of halogens is 1. The number of piperazine rings is 1. The molecule has 1 aliphatic carbocycles. The van der Waals surface area contributed by atoms with Crippen LogP contribution < -0.4 is 20.9 Å². The molecule has 12 nitrogen and oxygen atoms in total. The van der Waals surface area contributed by atoms with Crippen molar-refractivity contribution in [2.45, 2.75) is 72.6 Å². The van der Waals surface area contributed by atoms with Crippen LogP contribution in [-0.4, -0.2) is 87.4 Å². The molecule has 284 valence electrons. The molecule has 54 heavy (non-hydrogen) atoms. The van der Waals surface area contributed by atoms with Crippen LogP contribution in [-0.2, 0) is 13.0 Å². The molecule has 3 aliphatic rings. The molecule has 5 heterocycles. The molecule has 3 aromatic heterocycles. The van der Waals surface area contributed by atoms with E-state index in [2.05, 4.69) is 64.7 Å². The monoisotopic (exact) mass is 751 g/mol. The number of rotatable bonds is 10. The lowest BCUT2D eigenvalue weighted by atomic mass is 9.49. The number of nitrogens with two attached hydrogens (primary N) is 1. The minimum Gasteiger partial charge on any atom is -0.489 e. The van der Waals surface area contributed by atoms with Crippen LogP contribution in [0.25, 0.3) is 11.0 Å². The Morgan fingerprint density at radius 1 is 0.981 bits per heavy atom. The highest BCUT2D eigenvalue weighted by molar-refractivity contribution is 6.31. The van der Waals surface area contributed by atoms with Gasteiger partial charge in [-0.15, -0.1) is 10.2 Å². The second kappa shape index (κ2) is 14.9. The Morgan fingerprint density at radius 2 is 1.69 bits per heavy atom. The zero-order chi connectivity index (χ0) is 38.4. The van der Waals surface area contributed by atoms with Crippen LogP contribution >= 0.6 is 11.6 Å². The lowest BCUT2D eigenvalue weighted by molar-refractivity contribution is -0.186. The summed E-state index contributed by atoms with van der Waals surface area (Å²) in [4.78, 5) is 37.8. The summed E-state index contributed by atoms with van der Waals surface area (Å²) in [5.74, 6) is 1.47. The van der Waals surface area contributed by atoms with Gasteiger partial charge in [-0.3, -0.25) is 19.5 Å². The van der Waals surface area contributed by atoms with Gasteiger partial charge in [-0.05, 0) is 67.1 Å². The van der Waals surface area contributed by atoms with Gasteiger partial charge in [-0.1, -0.05) is 46.2 Å². The molecule has 7 rings (SSSR count). The minimum atomic E-state index is -0.565. The second-order valence-electron chi connectivity index (χ2n) is 16.4. The number of hydrogen-bond acceptors (Lipinski definition) is 10. The van der Waals surface area contributed by atoms with Gasteiger partial charge in [-0.25, -0.2) is 0 Å². The van der Waals surface area contributed by atoms with Crippen molar-refractivity contribution in [3.63, 3.8) is 0 Å². The number of carbonyl (C=O) groups is 1. The fourth-order valence-corrected chi connectivity index (χ4v) is 9.71. The molecule has 13 heteroatoms. The summed E-state index contributed by atoms with van der Waals surface area (Å²) in [6.45, 7) is 18.4. The third-order valence-corrected chi connectivity index (χ3v) is 12.3. The Labute approximate surface area is 321 Å². The van der Waals surface area contributed by atoms with E-state index in [1.165, 1.54) is 0 Å². The Hall–Kier alpha value is -4.57. The van der Waals surface area contributed by atoms with Crippen molar-refractivity contribution in [2.24, 2.45) is 22.5 Å². The zero-order valence-corrected chi connectivity index (χ0v) is 32.6. The molecule has 1 saturated carbocycles. The summed E-state index contributed by atoms with van der Waals surface area (Å²) in [5, 5.41) is 17.9. The SMILES string of the molecule is CCc1cc2ncc(CN3CCN(CC4CCN(c5ccc(C(N)=O)nn5)CC4)CC3)cc2n(C2C(C)(C)C(Oc3ccc(C#N)c(Cl)c3)C2(C)C)c1=O. The van der Waals surface area contributed by atoms with E-state index < -0.39 is 16.7 Å². The first-order valence-electron chi connectivity index (χ1n) is 19.0. The average molecular weight is 752 g/mol. The highest BCUT2D eigenvalue weighted by Gasteiger charge is 2.65. The molecular weight excluding hydrogens is 702 g/mol. The quantitative estimate of drug-likeness (QED) is 0.222. The first-order valence-corrected chi connectivity index (χ1v) is 19.4. The van der Waals surface area contributed by atoms with Crippen molar-refractivity contribution in [2.75, 3.05) is 50.7 Å². The lowest BCUT2D eigenvalue weighted by Crippen LogP contribution is -2.67. The second-order valence-corrected chi connectivity index (χ2v) is 16.8. The average Bonchev–Trinajstić information content (AvgIpc) is 3.16. The van der Waals surface area contributed by atoms with Crippen molar-refractivity contribution in [3.8, 4) is 11.8 Å². The maximum Gasteiger partial charge on any atom is 0.269 e. The molecule has 3 fully saturated rings. The van der Waals surface area contributed by atoms with E-state index >= 15 is 0 Å². The van der Waals surface area contributed by atoms with E-state index in [-0.39, 0.29) is 23.4 Å². The summed E-state index contributed by atoms with van der Waals surface area (Å²) in [7, 11) is 0. The maximum absolute atomic E-state index is 14.2. The Bertz CT molecular complexity index is 2110. The molecule has 1 amide bonds. The third kappa shape index (κ3) is 7.17. The summed E-state index contributed by atoms with van der Waals surface area (Å²) in [6, 6.07) is 14.7. The van der Waals surface area contributed by atoms with E-state index in [9.17, 15) is 14.9 Å². The fraction of sp³-hybridized carbons (Fsp3) is 0.512. The van der Waals surface area contributed by atoms with Gasteiger partial charge < -0.3 is 24.8 Å². The van der Waals surface area contributed by atoms with Crippen molar-refractivity contribution >= 4 is 34.4 Å². The molecule has 0 spiro atoms. The maximum atomic E-state index is 14.2. The number of ether oxygens (including phenoxy) is 1. The highest BCUT2D eigenvalue weighted by Crippen LogP contribution is 2.63. The Balaban J connectivity index is 1.01. The molecule has 1 aromatic carbocycles. The van der Waals surface area contributed by atoms with E-state index in [4.69, 9.17) is 27.1 Å². The van der Waals surface area contributed by atoms with Gasteiger partial charge in [0.05, 0.1) is 27.7 Å². The molecular formula is C41H50ClN9O3. The van der Waals surface area contributed by atoms with Crippen molar-refractivity contribution in [3.05, 3.63) is 86.4 Å². The first kappa shape index (κ1) is 37.7. The van der Waals surface area contributed by atoms with Crippen LogP contribution in [0, 0.1) is 28.1 Å². The van der Waals surface area contributed by atoms with Crippen molar-refractivity contribution in [1.82, 2.24) is 29.5 Å². The standard InChI is InChI=1S/C41H50ClN9O3/c1-6-28-20-33-34(51(37(28)53)38-40(2,3)39(41(38,4)5)54-30-8-7-29(22-43)31(42)21-30)19-27(23-45-33)25-49-17-15-48(16-18-49)24-26-11-13-50(14-12-26)35-10-9-32(36(44)52)46-47-35/h7-10,19-21,23,26,38-39H,6,11-18,24-25H2,1-5H3,(H2,44,52). The van der Waals surface area contributed by atoms with Gasteiger partial charge in [0.25, 0.3) is 11.5 Å². The minimum absolute atomic E-state index is 0.0309. The number of primary amides is 1. The van der Waals surface area contributed by atoms with Crippen LogP contribution in [0.15, 0.2) is 53.5 Å². The van der Waals surface area contributed by atoms with Gasteiger partial charge in [0, 0.05) is 81.0 Å². The van der Waals surface area contributed by atoms with Crippen LogP contribution in [0.1, 0.15) is 80.7 Å². The normalized spacial score (nSPS) is 21.8. The first-order chi connectivity index (χ1) is 25.8. The smallest absolute Gasteiger partial charge is 0.269 e. The van der Waals surface area contributed by atoms with Gasteiger partial charge in [0.2, 0.25) is 0 Å². The molecule has 0 bridgehead atoms. The molecule has 2 aliphatic heterocycles. The third-order valence-electron chi connectivity index (χ3n) is 12.0. The number of carbonyl (C=O) groups excluding carboxylic acids is 1. The van der Waals surface area contributed by atoms with Crippen LogP contribution in [0.5, 0.6) is 5.75 Å². The number of anilines is 1. The predicted octanol–water partition coefficient (Wildman–Crippen LogP) is 5.46. The van der Waals surface area contributed by atoms with E-state index in [0.717, 1.165) is 93.2 Å². The number of benzene rings is 1. The number of aryl methyl sites for hydroxylation is 1.